The molecular formula is C9H8F3NO5S. The molecule has 2 N–H and O–H groups in total. The molecule has 1 aromatic carbocycles. The van der Waals surface area contributed by atoms with Gasteiger partial charge in [-0.05, 0) is 24.3 Å². The van der Waals surface area contributed by atoms with E-state index in [9.17, 15) is 26.4 Å². The maximum atomic E-state index is 12.2. The molecule has 0 aliphatic heterocycles. The summed E-state index contributed by atoms with van der Waals surface area (Å²) in [6.45, 7) is -0.664. The van der Waals surface area contributed by atoms with E-state index in [0.29, 0.717) is 0 Å². The average molecular weight is 299 g/mol. The van der Waals surface area contributed by atoms with E-state index in [1.54, 1.807) is 0 Å². The van der Waals surface area contributed by atoms with Gasteiger partial charge in [-0.2, -0.15) is 13.2 Å². The molecule has 0 atom stereocenters. The minimum Gasteiger partial charge on any atom is -0.479 e. The monoisotopic (exact) mass is 299 g/mol. The third-order valence-electron chi connectivity index (χ3n) is 1.85. The van der Waals surface area contributed by atoms with E-state index >= 15 is 0 Å². The predicted molar refractivity (Wildman–Crippen MR) is 56.9 cm³/mol. The first-order valence-electron chi connectivity index (χ1n) is 4.65. The lowest BCUT2D eigenvalue weighted by Gasteiger charge is -2.09. The largest absolute Gasteiger partial charge is 0.501 e. The summed E-state index contributed by atoms with van der Waals surface area (Å²) in [5.74, 6) is -1.25. The van der Waals surface area contributed by atoms with Gasteiger partial charge in [-0.1, -0.05) is 0 Å². The molecule has 0 saturated carbocycles. The van der Waals surface area contributed by atoms with Crippen LogP contribution < -0.4 is 5.48 Å². The molecule has 10 heteroatoms. The van der Waals surface area contributed by atoms with Crippen LogP contribution >= 0.6 is 0 Å². The van der Waals surface area contributed by atoms with Gasteiger partial charge in [0.1, 0.15) is 0 Å². The highest BCUT2D eigenvalue weighted by Gasteiger charge is 2.46. The molecular weight excluding hydrogens is 291 g/mol. The second-order valence-corrected chi connectivity index (χ2v) is 5.20. The summed E-state index contributed by atoms with van der Waals surface area (Å²) in [6, 6.07) is 3.49. The lowest BCUT2D eigenvalue weighted by atomic mass is 10.3. The first kappa shape index (κ1) is 15.2. The van der Waals surface area contributed by atoms with Gasteiger partial charge < -0.3 is 5.11 Å². The summed E-state index contributed by atoms with van der Waals surface area (Å²) < 4.78 is 58.7. The molecule has 0 fully saturated rings. The quantitative estimate of drug-likeness (QED) is 0.799. The van der Waals surface area contributed by atoms with E-state index in [1.807, 2.05) is 0 Å². The number of sulfone groups is 1. The van der Waals surface area contributed by atoms with Crippen LogP contribution in [0.2, 0.25) is 0 Å². The van der Waals surface area contributed by atoms with Crippen LogP contribution in [0.1, 0.15) is 0 Å². The summed E-state index contributed by atoms with van der Waals surface area (Å²) in [4.78, 5) is 13.7. The summed E-state index contributed by atoms with van der Waals surface area (Å²) in [5.41, 5.74) is -3.12. The van der Waals surface area contributed by atoms with Crippen LogP contribution in [0.25, 0.3) is 0 Å². The van der Waals surface area contributed by atoms with Crippen molar-refractivity contribution in [3.05, 3.63) is 24.3 Å². The van der Waals surface area contributed by atoms with Crippen LogP contribution in [0.3, 0.4) is 0 Å². The molecule has 19 heavy (non-hydrogen) atoms. The van der Waals surface area contributed by atoms with Gasteiger partial charge in [0, 0.05) is 0 Å². The summed E-state index contributed by atoms with van der Waals surface area (Å²) in [5, 5.41) is 8.26. The third-order valence-corrected chi connectivity index (χ3v) is 3.36. The van der Waals surface area contributed by atoms with Crippen molar-refractivity contribution in [3.8, 4) is 0 Å². The topological polar surface area (TPSA) is 92.7 Å². The Morgan fingerprint density at radius 3 is 2.21 bits per heavy atom. The van der Waals surface area contributed by atoms with Gasteiger partial charge in [-0.15, -0.1) is 0 Å². The Kier molecular flexibility index (Phi) is 4.37. The second-order valence-electron chi connectivity index (χ2n) is 3.26. The average Bonchev–Trinajstić information content (AvgIpc) is 2.27. The number of carboxylic acid groups (broad SMARTS) is 1. The Morgan fingerprint density at radius 2 is 1.79 bits per heavy atom. The molecule has 0 heterocycles. The zero-order chi connectivity index (χ0) is 14.7. The Morgan fingerprint density at radius 1 is 1.26 bits per heavy atom. The fraction of sp³-hybridized carbons (Fsp3) is 0.222. The van der Waals surface area contributed by atoms with Crippen LogP contribution in [0.15, 0.2) is 29.2 Å². The fourth-order valence-corrected chi connectivity index (χ4v) is 1.78. The highest BCUT2D eigenvalue weighted by molar-refractivity contribution is 7.92. The highest BCUT2D eigenvalue weighted by atomic mass is 32.2. The number of carboxylic acids is 1. The number of alkyl halides is 3. The first-order chi connectivity index (χ1) is 8.64. The Balaban J connectivity index is 2.80. The molecule has 0 aromatic heterocycles. The van der Waals surface area contributed by atoms with Crippen LogP contribution in [-0.2, 0) is 19.5 Å². The maximum absolute atomic E-state index is 12.2. The molecule has 0 radical (unpaired) electrons. The Hall–Kier alpha value is -1.81. The van der Waals surface area contributed by atoms with Gasteiger partial charge in [0.2, 0.25) is 0 Å². The molecule has 0 amide bonds. The van der Waals surface area contributed by atoms with Crippen molar-refractivity contribution in [2.24, 2.45) is 0 Å². The Labute approximate surface area is 105 Å². The third kappa shape index (κ3) is 3.83. The van der Waals surface area contributed by atoms with Crippen molar-refractivity contribution in [2.45, 2.75) is 10.4 Å². The number of halogens is 3. The van der Waals surface area contributed by atoms with Crippen molar-refractivity contribution >= 4 is 21.5 Å². The molecule has 0 bridgehead atoms. The number of aliphatic carboxylic acids is 1. The fourth-order valence-electron chi connectivity index (χ4n) is 1.02. The lowest BCUT2D eigenvalue weighted by Crippen LogP contribution is -2.23. The van der Waals surface area contributed by atoms with E-state index in [0.717, 1.165) is 24.3 Å². The maximum Gasteiger partial charge on any atom is 0.501 e. The van der Waals surface area contributed by atoms with Crippen LogP contribution in [0.4, 0.5) is 18.9 Å². The number of hydrogen-bond acceptors (Lipinski definition) is 5. The summed E-state index contributed by atoms with van der Waals surface area (Å²) >= 11 is 0. The minimum absolute atomic E-state index is 0.113. The van der Waals surface area contributed by atoms with E-state index in [-0.39, 0.29) is 5.69 Å². The van der Waals surface area contributed by atoms with Gasteiger partial charge >= 0.3 is 11.5 Å². The molecule has 1 aromatic rings. The number of hydrogen-bond donors (Lipinski definition) is 2. The van der Waals surface area contributed by atoms with Crippen molar-refractivity contribution < 1.29 is 36.3 Å². The van der Waals surface area contributed by atoms with E-state index < -0.39 is 32.8 Å². The highest BCUT2D eigenvalue weighted by Crippen LogP contribution is 2.30. The molecule has 0 aliphatic rings. The summed E-state index contributed by atoms with van der Waals surface area (Å²) in [7, 11) is -5.39. The van der Waals surface area contributed by atoms with Gasteiger partial charge in [-0.3, -0.25) is 10.3 Å². The number of nitrogens with one attached hydrogen (secondary N) is 1. The van der Waals surface area contributed by atoms with E-state index in [1.165, 1.54) is 0 Å². The molecule has 106 valence electrons. The van der Waals surface area contributed by atoms with Gasteiger partial charge in [0.05, 0.1) is 10.6 Å². The van der Waals surface area contributed by atoms with Gasteiger partial charge in [0.15, 0.2) is 6.61 Å². The standard InChI is InChI=1S/C9H8F3NO5S/c10-9(11,12)19(16,17)7-3-1-6(2-4-7)13-18-5-8(14)15/h1-4,13H,5H2,(H,14,15). The predicted octanol–water partition coefficient (Wildman–Crippen LogP) is 1.41. The molecule has 0 unspecified atom stereocenters. The lowest BCUT2D eigenvalue weighted by molar-refractivity contribution is -0.141. The zero-order valence-electron chi connectivity index (χ0n) is 9.14. The smallest absolute Gasteiger partial charge is 0.479 e. The van der Waals surface area contributed by atoms with Crippen molar-refractivity contribution in [2.75, 3.05) is 12.1 Å². The first-order valence-corrected chi connectivity index (χ1v) is 6.14. The van der Waals surface area contributed by atoms with Crippen LogP contribution in [0.5, 0.6) is 0 Å². The molecule has 0 saturated heterocycles. The molecule has 1 rings (SSSR count). The minimum atomic E-state index is -5.39. The van der Waals surface area contributed by atoms with E-state index in [2.05, 4.69) is 10.3 Å². The van der Waals surface area contributed by atoms with Crippen molar-refractivity contribution in [3.63, 3.8) is 0 Å². The van der Waals surface area contributed by atoms with Crippen molar-refractivity contribution in [1.29, 1.82) is 0 Å². The number of carbonyl (C=O) groups is 1. The zero-order valence-corrected chi connectivity index (χ0v) is 9.96. The number of benzene rings is 1. The Bertz CT molecular complexity index is 552. The van der Waals surface area contributed by atoms with Crippen LogP contribution in [0, 0.1) is 0 Å². The summed E-state index contributed by atoms with van der Waals surface area (Å²) in [6.07, 6.45) is 0. The SMILES string of the molecule is O=C(O)CONc1ccc(S(=O)(=O)C(F)(F)F)cc1. The van der Waals surface area contributed by atoms with Crippen molar-refractivity contribution in [1.82, 2.24) is 0 Å². The molecule has 6 nitrogen and oxygen atoms in total. The normalized spacial score (nSPS) is 12.2. The van der Waals surface area contributed by atoms with Gasteiger partial charge in [-0.25, -0.2) is 13.2 Å². The van der Waals surface area contributed by atoms with E-state index in [4.69, 9.17) is 5.11 Å². The van der Waals surface area contributed by atoms with Crippen LogP contribution in [-0.4, -0.2) is 31.6 Å². The second kappa shape index (κ2) is 5.45. The molecule has 0 spiro atoms. The van der Waals surface area contributed by atoms with Gasteiger partial charge in [0.25, 0.3) is 9.84 Å². The number of rotatable bonds is 5. The number of anilines is 1. The molecule has 0 aliphatic carbocycles.